The van der Waals surface area contributed by atoms with Gasteiger partial charge in [-0.1, -0.05) is 6.04 Å². The summed E-state index contributed by atoms with van der Waals surface area (Å²) in [5.74, 6) is 0.0138. The van der Waals surface area contributed by atoms with Crippen molar-refractivity contribution in [2.45, 2.75) is 32.2 Å². The number of carbonyl (C=O) groups excluding carboxylic acids is 1. The van der Waals surface area contributed by atoms with Crippen LogP contribution >= 0.6 is 0 Å². The van der Waals surface area contributed by atoms with E-state index in [9.17, 15) is 4.79 Å². The quantitative estimate of drug-likeness (QED) is 0.242. The van der Waals surface area contributed by atoms with Crippen LogP contribution in [0.4, 0.5) is 0 Å². The molecule has 12 heavy (non-hydrogen) atoms. The highest BCUT2D eigenvalue weighted by Crippen LogP contribution is 1.97. The third kappa shape index (κ3) is 6.51. The van der Waals surface area contributed by atoms with Crippen LogP contribution in [0.3, 0.4) is 0 Å². The fourth-order valence-electron chi connectivity index (χ4n) is 0.954. The average molecular weight is 190 g/mol. The summed E-state index contributed by atoms with van der Waals surface area (Å²) in [5, 5.41) is 0. The summed E-state index contributed by atoms with van der Waals surface area (Å²) in [6.45, 7) is 5.30. The molecule has 3 nitrogen and oxygen atoms in total. The summed E-state index contributed by atoms with van der Waals surface area (Å²) in [4.78, 5) is 10.0. The molecule has 0 bridgehead atoms. The first-order valence-electron chi connectivity index (χ1n) is 4.52. The molecule has 0 radical (unpaired) electrons. The second-order valence-electron chi connectivity index (χ2n) is 2.44. The van der Waals surface area contributed by atoms with Gasteiger partial charge in [-0.25, -0.2) is 0 Å². The molecular formula is C8H18O3Si. The molecule has 0 aliphatic heterocycles. The SMILES string of the molecule is CCOC(OCC)[SiH2]CCC=O. The van der Waals surface area contributed by atoms with Crippen LogP contribution in [0.5, 0.6) is 0 Å². The molecule has 0 fully saturated rings. The first-order chi connectivity index (χ1) is 5.85. The third-order valence-corrected chi connectivity index (χ3v) is 3.23. The smallest absolute Gasteiger partial charge is 0.134 e. The zero-order valence-corrected chi connectivity index (χ0v) is 9.33. The van der Waals surface area contributed by atoms with Crippen molar-refractivity contribution in [3.63, 3.8) is 0 Å². The van der Waals surface area contributed by atoms with Crippen molar-refractivity contribution in [1.82, 2.24) is 0 Å². The summed E-state index contributed by atoms with van der Waals surface area (Å²) >= 11 is 0. The van der Waals surface area contributed by atoms with Gasteiger partial charge in [0.15, 0.2) is 0 Å². The van der Waals surface area contributed by atoms with Crippen LogP contribution < -0.4 is 0 Å². The molecule has 0 aromatic rings. The van der Waals surface area contributed by atoms with E-state index in [2.05, 4.69) is 0 Å². The fraction of sp³-hybridized carbons (Fsp3) is 0.875. The number of hydrogen-bond donors (Lipinski definition) is 0. The Morgan fingerprint density at radius 3 is 2.33 bits per heavy atom. The lowest BCUT2D eigenvalue weighted by Crippen LogP contribution is -2.24. The highest BCUT2D eigenvalue weighted by molar-refractivity contribution is 6.36. The number of ether oxygens (including phenoxy) is 2. The van der Waals surface area contributed by atoms with Crippen LogP contribution in [0.15, 0.2) is 0 Å². The van der Waals surface area contributed by atoms with Gasteiger partial charge in [-0.2, -0.15) is 0 Å². The lowest BCUT2D eigenvalue weighted by Gasteiger charge is -2.15. The van der Waals surface area contributed by atoms with Gasteiger partial charge in [0.05, 0.1) is 9.52 Å². The topological polar surface area (TPSA) is 35.5 Å². The molecular weight excluding hydrogens is 172 g/mol. The van der Waals surface area contributed by atoms with E-state index in [0.717, 1.165) is 12.3 Å². The first kappa shape index (κ1) is 11.8. The van der Waals surface area contributed by atoms with E-state index in [1.807, 2.05) is 13.8 Å². The van der Waals surface area contributed by atoms with Crippen molar-refractivity contribution in [3.8, 4) is 0 Å². The zero-order chi connectivity index (χ0) is 9.23. The fourth-order valence-corrected chi connectivity index (χ4v) is 2.49. The predicted molar refractivity (Wildman–Crippen MR) is 51.1 cm³/mol. The van der Waals surface area contributed by atoms with Crippen LogP contribution in [-0.4, -0.2) is 34.9 Å². The maximum absolute atomic E-state index is 10.0. The van der Waals surface area contributed by atoms with Gasteiger partial charge in [0, 0.05) is 19.6 Å². The summed E-state index contributed by atoms with van der Waals surface area (Å²) < 4.78 is 10.7. The Balaban J connectivity index is 3.40. The molecule has 0 spiro atoms. The summed E-state index contributed by atoms with van der Waals surface area (Å²) in [6, 6.07) is 0.980. The highest BCUT2D eigenvalue weighted by Gasteiger charge is 2.06. The molecule has 4 heteroatoms. The molecule has 0 aromatic heterocycles. The van der Waals surface area contributed by atoms with Crippen molar-refractivity contribution < 1.29 is 14.3 Å². The van der Waals surface area contributed by atoms with E-state index in [1.165, 1.54) is 0 Å². The standard InChI is InChI=1S/C8H18O3Si/c1-3-10-8(11-4-2)12-7-5-6-9/h6,8H,3-5,7,12H2,1-2H3. The van der Waals surface area contributed by atoms with Crippen LogP contribution in [0.1, 0.15) is 20.3 Å². The highest BCUT2D eigenvalue weighted by atomic mass is 28.2. The molecule has 0 aromatic carbocycles. The van der Waals surface area contributed by atoms with Gasteiger partial charge in [-0.3, -0.25) is 0 Å². The van der Waals surface area contributed by atoms with Crippen LogP contribution in [0, 0.1) is 0 Å². The molecule has 0 atom stereocenters. The van der Waals surface area contributed by atoms with E-state index in [1.54, 1.807) is 0 Å². The summed E-state index contributed by atoms with van der Waals surface area (Å²) in [5.41, 5.74) is 0. The summed E-state index contributed by atoms with van der Waals surface area (Å²) in [7, 11) is -0.383. The zero-order valence-electron chi connectivity index (χ0n) is 7.91. The molecule has 0 rings (SSSR count). The van der Waals surface area contributed by atoms with Gasteiger partial charge in [0.1, 0.15) is 12.2 Å². The normalized spacial score (nSPS) is 11.6. The molecule has 0 aliphatic carbocycles. The minimum Gasteiger partial charge on any atom is -0.357 e. The number of aldehydes is 1. The van der Waals surface area contributed by atoms with E-state index in [0.29, 0.717) is 19.6 Å². The van der Waals surface area contributed by atoms with Gasteiger partial charge in [0.2, 0.25) is 0 Å². The van der Waals surface area contributed by atoms with Gasteiger partial charge >= 0.3 is 0 Å². The Bertz CT molecular complexity index is 102. The summed E-state index contributed by atoms with van der Waals surface area (Å²) in [6.07, 6.45) is 1.62. The molecule has 0 saturated heterocycles. The second kappa shape index (κ2) is 8.90. The average Bonchev–Trinajstić information content (AvgIpc) is 2.06. The van der Waals surface area contributed by atoms with Crippen molar-refractivity contribution in [2.24, 2.45) is 0 Å². The van der Waals surface area contributed by atoms with Crippen molar-refractivity contribution >= 4 is 15.8 Å². The lowest BCUT2D eigenvalue weighted by atomic mass is 10.6. The minimum absolute atomic E-state index is 0.0138. The second-order valence-corrected chi connectivity index (χ2v) is 4.39. The molecule has 0 saturated carbocycles. The number of rotatable bonds is 8. The first-order valence-corrected chi connectivity index (χ1v) is 6.33. The molecule has 0 amide bonds. The van der Waals surface area contributed by atoms with Gasteiger partial charge in [-0.05, 0) is 13.8 Å². The Morgan fingerprint density at radius 2 is 1.92 bits per heavy atom. The lowest BCUT2D eigenvalue weighted by molar-refractivity contribution is -0.107. The Kier molecular flexibility index (Phi) is 8.76. The van der Waals surface area contributed by atoms with Gasteiger partial charge < -0.3 is 14.3 Å². The van der Waals surface area contributed by atoms with Gasteiger partial charge in [-0.15, -0.1) is 0 Å². The monoisotopic (exact) mass is 190 g/mol. The maximum atomic E-state index is 10.0. The van der Waals surface area contributed by atoms with Crippen molar-refractivity contribution in [3.05, 3.63) is 0 Å². The predicted octanol–water partition coefficient (Wildman–Crippen LogP) is 0.519. The third-order valence-electron chi connectivity index (χ3n) is 1.47. The molecule has 0 unspecified atom stereocenters. The van der Waals surface area contributed by atoms with E-state index in [4.69, 9.17) is 9.47 Å². The largest absolute Gasteiger partial charge is 0.357 e. The van der Waals surface area contributed by atoms with Crippen molar-refractivity contribution in [1.29, 1.82) is 0 Å². The molecule has 0 N–H and O–H groups in total. The van der Waals surface area contributed by atoms with Crippen LogP contribution in [0.25, 0.3) is 0 Å². The van der Waals surface area contributed by atoms with Crippen molar-refractivity contribution in [2.75, 3.05) is 13.2 Å². The Hall–Kier alpha value is -0.193. The Morgan fingerprint density at radius 1 is 1.33 bits per heavy atom. The van der Waals surface area contributed by atoms with Gasteiger partial charge in [0.25, 0.3) is 0 Å². The number of carbonyl (C=O) groups is 1. The van der Waals surface area contributed by atoms with E-state index in [-0.39, 0.29) is 15.4 Å². The van der Waals surface area contributed by atoms with Crippen LogP contribution in [-0.2, 0) is 14.3 Å². The molecule has 0 heterocycles. The number of hydrogen-bond acceptors (Lipinski definition) is 3. The molecule has 0 aliphatic rings. The minimum atomic E-state index is -0.383. The maximum Gasteiger partial charge on any atom is 0.134 e. The van der Waals surface area contributed by atoms with Crippen LogP contribution in [0.2, 0.25) is 6.04 Å². The molecule has 72 valence electrons. The van der Waals surface area contributed by atoms with E-state index >= 15 is 0 Å². The van der Waals surface area contributed by atoms with E-state index < -0.39 is 0 Å². The Labute approximate surface area is 76.3 Å².